The maximum atomic E-state index is 11.4. The highest BCUT2D eigenvalue weighted by Gasteiger charge is 2.13. The van der Waals surface area contributed by atoms with E-state index in [0.29, 0.717) is 5.69 Å². The number of para-hydroxylation sites is 2. The Hall–Kier alpha value is -2.62. The molecule has 0 spiro atoms. The summed E-state index contributed by atoms with van der Waals surface area (Å²) in [6, 6.07) is 13.0. The van der Waals surface area contributed by atoms with E-state index < -0.39 is 5.97 Å². The molecule has 1 aromatic heterocycles. The number of fused-ring (bicyclic) bond motifs is 1. The van der Waals surface area contributed by atoms with Crippen molar-refractivity contribution in [3.05, 3.63) is 59.9 Å². The summed E-state index contributed by atoms with van der Waals surface area (Å²) in [5.74, 6) is -0.934. The fraction of sp³-hybridized carbons (Fsp3) is 0.0667. The number of rotatable bonds is 2. The summed E-state index contributed by atoms with van der Waals surface area (Å²) < 4.78 is 1.80. The van der Waals surface area contributed by atoms with Crippen LogP contribution in [0, 0.1) is 6.92 Å². The third kappa shape index (κ3) is 1.87. The molecule has 0 saturated heterocycles. The van der Waals surface area contributed by atoms with Gasteiger partial charge in [-0.2, -0.15) is 0 Å². The highest BCUT2D eigenvalue weighted by molar-refractivity contribution is 5.93. The molecular formula is C15H12N2O2. The molecule has 0 amide bonds. The molecule has 0 saturated carbocycles. The first kappa shape index (κ1) is 11.5. The van der Waals surface area contributed by atoms with Crippen LogP contribution in [0.3, 0.4) is 0 Å². The van der Waals surface area contributed by atoms with Crippen molar-refractivity contribution in [2.75, 3.05) is 0 Å². The van der Waals surface area contributed by atoms with Crippen LogP contribution in [0.4, 0.5) is 0 Å². The van der Waals surface area contributed by atoms with Crippen molar-refractivity contribution in [1.82, 2.24) is 9.55 Å². The van der Waals surface area contributed by atoms with Crippen LogP contribution < -0.4 is 0 Å². The number of aromatic nitrogens is 2. The SMILES string of the molecule is Cc1ccc(-n2cnc3ccccc32)c(C(=O)O)c1. The van der Waals surface area contributed by atoms with E-state index in [1.807, 2.05) is 43.3 Å². The van der Waals surface area contributed by atoms with Gasteiger partial charge in [-0.15, -0.1) is 0 Å². The Morgan fingerprint density at radius 1 is 1.21 bits per heavy atom. The highest BCUT2D eigenvalue weighted by atomic mass is 16.4. The number of hydrogen-bond donors (Lipinski definition) is 1. The van der Waals surface area contributed by atoms with Gasteiger partial charge in [-0.1, -0.05) is 23.8 Å². The standard InChI is InChI=1S/C15H12N2O2/c1-10-6-7-13(11(8-10)15(18)19)17-9-16-12-4-2-3-5-14(12)17/h2-9H,1H3,(H,18,19). The first-order valence-corrected chi connectivity index (χ1v) is 5.93. The van der Waals surface area contributed by atoms with Crippen LogP contribution in [0.5, 0.6) is 0 Å². The Balaban J connectivity index is 2.30. The van der Waals surface area contributed by atoms with Gasteiger partial charge in [0.25, 0.3) is 0 Å². The van der Waals surface area contributed by atoms with Crippen molar-refractivity contribution in [3.63, 3.8) is 0 Å². The molecule has 94 valence electrons. The van der Waals surface area contributed by atoms with Gasteiger partial charge in [0, 0.05) is 0 Å². The number of hydrogen-bond acceptors (Lipinski definition) is 2. The number of nitrogens with zero attached hydrogens (tertiary/aromatic N) is 2. The fourth-order valence-corrected chi connectivity index (χ4v) is 2.18. The zero-order valence-corrected chi connectivity index (χ0v) is 10.4. The van der Waals surface area contributed by atoms with E-state index in [1.165, 1.54) is 0 Å². The van der Waals surface area contributed by atoms with E-state index >= 15 is 0 Å². The minimum atomic E-state index is -0.934. The number of carboxylic acids is 1. The summed E-state index contributed by atoms with van der Waals surface area (Å²) >= 11 is 0. The van der Waals surface area contributed by atoms with E-state index in [4.69, 9.17) is 0 Å². The van der Waals surface area contributed by atoms with Gasteiger partial charge in [0.2, 0.25) is 0 Å². The van der Waals surface area contributed by atoms with Crippen LogP contribution >= 0.6 is 0 Å². The summed E-state index contributed by atoms with van der Waals surface area (Å²) in [6.45, 7) is 1.88. The summed E-state index contributed by atoms with van der Waals surface area (Å²) in [7, 11) is 0. The molecule has 19 heavy (non-hydrogen) atoms. The van der Waals surface area contributed by atoms with Gasteiger partial charge in [0.1, 0.15) is 6.33 Å². The van der Waals surface area contributed by atoms with Gasteiger partial charge in [0.05, 0.1) is 22.3 Å². The third-order valence-electron chi connectivity index (χ3n) is 3.10. The summed E-state index contributed by atoms with van der Waals surface area (Å²) in [6.07, 6.45) is 1.65. The maximum Gasteiger partial charge on any atom is 0.337 e. The molecule has 0 atom stereocenters. The number of carboxylic acid groups (broad SMARTS) is 1. The van der Waals surface area contributed by atoms with Crippen LogP contribution in [-0.4, -0.2) is 20.6 Å². The minimum absolute atomic E-state index is 0.281. The second-order valence-electron chi connectivity index (χ2n) is 4.43. The molecule has 0 fully saturated rings. The normalized spacial score (nSPS) is 10.8. The second-order valence-corrected chi connectivity index (χ2v) is 4.43. The first-order chi connectivity index (χ1) is 9.16. The number of aromatic carboxylic acids is 1. The van der Waals surface area contributed by atoms with E-state index in [0.717, 1.165) is 16.6 Å². The Bertz CT molecular complexity index is 775. The largest absolute Gasteiger partial charge is 0.478 e. The third-order valence-corrected chi connectivity index (χ3v) is 3.10. The molecule has 0 bridgehead atoms. The van der Waals surface area contributed by atoms with Crippen LogP contribution in [-0.2, 0) is 0 Å². The van der Waals surface area contributed by atoms with Gasteiger partial charge in [-0.05, 0) is 31.2 Å². The van der Waals surface area contributed by atoms with Gasteiger partial charge in [-0.3, -0.25) is 4.57 Å². The topological polar surface area (TPSA) is 55.1 Å². The van der Waals surface area contributed by atoms with Crippen molar-refractivity contribution in [2.45, 2.75) is 6.92 Å². The monoisotopic (exact) mass is 252 g/mol. The smallest absolute Gasteiger partial charge is 0.337 e. The number of benzene rings is 2. The second kappa shape index (κ2) is 4.24. The lowest BCUT2D eigenvalue weighted by Crippen LogP contribution is -2.05. The van der Waals surface area contributed by atoms with Crippen molar-refractivity contribution < 1.29 is 9.90 Å². The molecule has 4 heteroatoms. The van der Waals surface area contributed by atoms with Crippen molar-refractivity contribution in [2.24, 2.45) is 0 Å². The van der Waals surface area contributed by atoms with E-state index in [9.17, 15) is 9.90 Å². The van der Waals surface area contributed by atoms with Crippen molar-refractivity contribution >= 4 is 17.0 Å². The zero-order valence-electron chi connectivity index (χ0n) is 10.4. The first-order valence-electron chi connectivity index (χ1n) is 5.93. The van der Waals surface area contributed by atoms with E-state index in [-0.39, 0.29) is 5.56 Å². The zero-order chi connectivity index (χ0) is 13.4. The molecular weight excluding hydrogens is 240 g/mol. The maximum absolute atomic E-state index is 11.4. The summed E-state index contributed by atoms with van der Waals surface area (Å²) in [5.41, 5.74) is 3.58. The average Bonchev–Trinajstić information content (AvgIpc) is 2.82. The predicted molar refractivity (Wildman–Crippen MR) is 72.8 cm³/mol. The molecule has 3 aromatic rings. The molecule has 1 N–H and O–H groups in total. The van der Waals surface area contributed by atoms with Crippen molar-refractivity contribution in [1.29, 1.82) is 0 Å². The molecule has 0 aliphatic carbocycles. The van der Waals surface area contributed by atoms with E-state index in [2.05, 4.69) is 4.98 Å². The Labute approximate surface area is 109 Å². The van der Waals surface area contributed by atoms with Crippen LogP contribution in [0.25, 0.3) is 16.7 Å². The predicted octanol–water partition coefficient (Wildman–Crippen LogP) is 3.03. The fourth-order valence-electron chi connectivity index (χ4n) is 2.18. The lowest BCUT2D eigenvalue weighted by Gasteiger charge is -2.09. The van der Waals surface area contributed by atoms with Gasteiger partial charge < -0.3 is 5.11 Å². The Morgan fingerprint density at radius 3 is 2.79 bits per heavy atom. The minimum Gasteiger partial charge on any atom is -0.478 e. The quantitative estimate of drug-likeness (QED) is 0.762. The highest BCUT2D eigenvalue weighted by Crippen LogP contribution is 2.22. The lowest BCUT2D eigenvalue weighted by molar-refractivity contribution is 0.0697. The molecule has 0 aliphatic rings. The van der Waals surface area contributed by atoms with Crippen LogP contribution in [0.2, 0.25) is 0 Å². The molecule has 1 heterocycles. The molecule has 0 aliphatic heterocycles. The Kier molecular flexibility index (Phi) is 2.56. The number of imidazole rings is 1. The number of carbonyl (C=O) groups is 1. The molecule has 0 unspecified atom stereocenters. The number of aryl methyl sites for hydroxylation is 1. The van der Waals surface area contributed by atoms with Gasteiger partial charge in [-0.25, -0.2) is 9.78 Å². The Morgan fingerprint density at radius 2 is 2.00 bits per heavy atom. The van der Waals surface area contributed by atoms with Gasteiger partial charge in [0.15, 0.2) is 0 Å². The summed E-state index contributed by atoms with van der Waals surface area (Å²) in [4.78, 5) is 15.7. The van der Waals surface area contributed by atoms with E-state index in [1.54, 1.807) is 17.0 Å². The average molecular weight is 252 g/mol. The van der Waals surface area contributed by atoms with Crippen LogP contribution in [0.1, 0.15) is 15.9 Å². The van der Waals surface area contributed by atoms with Crippen molar-refractivity contribution in [3.8, 4) is 5.69 Å². The molecule has 0 radical (unpaired) electrons. The molecule has 4 nitrogen and oxygen atoms in total. The van der Waals surface area contributed by atoms with Crippen LogP contribution in [0.15, 0.2) is 48.8 Å². The summed E-state index contributed by atoms with van der Waals surface area (Å²) in [5, 5.41) is 9.33. The van der Waals surface area contributed by atoms with Gasteiger partial charge >= 0.3 is 5.97 Å². The molecule has 3 rings (SSSR count). The molecule has 2 aromatic carbocycles. The lowest BCUT2D eigenvalue weighted by atomic mass is 10.1.